The van der Waals surface area contributed by atoms with Gasteiger partial charge in [0, 0.05) is 39.8 Å². The van der Waals surface area contributed by atoms with Gasteiger partial charge in [-0.3, -0.25) is 4.90 Å². The average molecular weight is 352 g/mol. The van der Waals surface area contributed by atoms with E-state index in [1.807, 2.05) is 11.6 Å². The third-order valence-corrected chi connectivity index (χ3v) is 4.68. The highest BCUT2D eigenvalue weighted by Gasteiger charge is 2.19. The third-order valence-electron chi connectivity index (χ3n) is 4.68. The standard InChI is InChI=1S/C19H24N6O/c1-24-14-23-17-18(21-13-22-19(17)24)20-10-16-12-25(8-5-9-26-16)11-15-6-3-2-4-7-15/h2-4,6-7,13-14,16H,5,8-12H2,1H3,(H,20,21,22). The SMILES string of the molecule is Cn1cnc2c(NCC3CN(Cc4ccccc4)CCCO3)ncnc21. The highest BCUT2D eigenvalue weighted by atomic mass is 16.5. The van der Waals surface area contributed by atoms with Crippen molar-refractivity contribution in [2.24, 2.45) is 7.05 Å². The second kappa shape index (κ2) is 7.80. The number of ether oxygens (including phenoxy) is 1. The Kier molecular flexibility index (Phi) is 5.08. The lowest BCUT2D eigenvalue weighted by Gasteiger charge is -2.24. The van der Waals surface area contributed by atoms with Crippen molar-refractivity contribution < 1.29 is 4.74 Å². The van der Waals surface area contributed by atoms with Gasteiger partial charge in [-0.2, -0.15) is 0 Å². The van der Waals surface area contributed by atoms with Gasteiger partial charge in [-0.25, -0.2) is 15.0 Å². The van der Waals surface area contributed by atoms with E-state index >= 15 is 0 Å². The zero-order chi connectivity index (χ0) is 17.8. The van der Waals surface area contributed by atoms with E-state index < -0.39 is 0 Å². The van der Waals surface area contributed by atoms with Crippen LogP contribution in [0.2, 0.25) is 0 Å². The van der Waals surface area contributed by atoms with E-state index in [9.17, 15) is 0 Å². The summed E-state index contributed by atoms with van der Waals surface area (Å²) < 4.78 is 7.93. The number of hydrogen-bond acceptors (Lipinski definition) is 6. The van der Waals surface area contributed by atoms with Crippen LogP contribution < -0.4 is 5.32 Å². The average Bonchev–Trinajstić information content (AvgIpc) is 2.91. The molecule has 0 radical (unpaired) electrons. The number of imidazole rings is 1. The number of aromatic nitrogens is 4. The molecule has 4 rings (SSSR count). The Morgan fingerprint density at radius 1 is 1.19 bits per heavy atom. The number of rotatable bonds is 5. The van der Waals surface area contributed by atoms with Gasteiger partial charge in [0.15, 0.2) is 11.5 Å². The molecule has 26 heavy (non-hydrogen) atoms. The van der Waals surface area contributed by atoms with E-state index in [0.29, 0.717) is 6.54 Å². The summed E-state index contributed by atoms with van der Waals surface area (Å²) in [5.41, 5.74) is 2.96. The van der Waals surface area contributed by atoms with Crippen molar-refractivity contribution in [3.8, 4) is 0 Å². The maximum absolute atomic E-state index is 6.04. The second-order valence-corrected chi connectivity index (χ2v) is 6.70. The minimum atomic E-state index is 0.120. The van der Waals surface area contributed by atoms with Crippen molar-refractivity contribution in [3.63, 3.8) is 0 Å². The summed E-state index contributed by atoms with van der Waals surface area (Å²) >= 11 is 0. The summed E-state index contributed by atoms with van der Waals surface area (Å²) in [5.74, 6) is 0.762. The van der Waals surface area contributed by atoms with Crippen LogP contribution in [0.3, 0.4) is 0 Å². The Balaban J connectivity index is 1.40. The van der Waals surface area contributed by atoms with Crippen LogP contribution in [0, 0.1) is 0 Å². The smallest absolute Gasteiger partial charge is 0.165 e. The van der Waals surface area contributed by atoms with Crippen molar-refractivity contribution in [1.29, 1.82) is 0 Å². The predicted molar refractivity (Wildman–Crippen MR) is 101 cm³/mol. The minimum Gasteiger partial charge on any atom is -0.375 e. The summed E-state index contributed by atoms with van der Waals surface area (Å²) in [6, 6.07) is 10.6. The van der Waals surface area contributed by atoms with Gasteiger partial charge in [0.25, 0.3) is 0 Å². The van der Waals surface area contributed by atoms with Gasteiger partial charge in [0.2, 0.25) is 0 Å². The first-order chi connectivity index (χ1) is 12.8. The fourth-order valence-corrected chi connectivity index (χ4v) is 3.36. The predicted octanol–water partition coefficient (Wildman–Crippen LogP) is 2.07. The number of anilines is 1. The van der Waals surface area contributed by atoms with Crippen LogP contribution in [0.25, 0.3) is 11.2 Å². The number of nitrogens with one attached hydrogen (secondary N) is 1. The molecule has 0 saturated carbocycles. The van der Waals surface area contributed by atoms with Crippen molar-refractivity contribution in [2.75, 3.05) is 31.6 Å². The van der Waals surface area contributed by atoms with E-state index in [1.165, 1.54) is 5.56 Å². The van der Waals surface area contributed by atoms with Crippen LogP contribution in [0.5, 0.6) is 0 Å². The molecule has 0 amide bonds. The summed E-state index contributed by atoms with van der Waals surface area (Å²) in [6.07, 6.45) is 4.51. The molecule has 7 heteroatoms. The largest absolute Gasteiger partial charge is 0.375 e. The molecule has 1 fully saturated rings. The first kappa shape index (κ1) is 16.9. The van der Waals surface area contributed by atoms with E-state index in [2.05, 4.69) is 55.5 Å². The fraction of sp³-hybridized carbons (Fsp3) is 0.421. The van der Waals surface area contributed by atoms with Crippen LogP contribution >= 0.6 is 0 Å². The lowest BCUT2D eigenvalue weighted by Crippen LogP contribution is -2.35. The molecule has 7 nitrogen and oxygen atoms in total. The highest BCUT2D eigenvalue weighted by molar-refractivity contribution is 5.82. The molecule has 1 aromatic carbocycles. The third kappa shape index (κ3) is 3.84. The summed E-state index contributed by atoms with van der Waals surface area (Å²) in [7, 11) is 1.93. The molecule has 0 spiro atoms. The first-order valence-corrected chi connectivity index (χ1v) is 9.03. The van der Waals surface area contributed by atoms with Crippen molar-refractivity contribution in [2.45, 2.75) is 19.1 Å². The molecule has 2 aromatic heterocycles. The number of fused-ring (bicyclic) bond motifs is 1. The number of aryl methyl sites for hydroxylation is 1. The Morgan fingerprint density at radius 2 is 2.08 bits per heavy atom. The van der Waals surface area contributed by atoms with Crippen molar-refractivity contribution >= 4 is 17.0 Å². The molecule has 136 valence electrons. The van der Waals surface area contributed by atoms with Crippen molar-refractivity contribution in [1.82, 2.24) is 24.4 Å². The van der Waals surface area contributed by atoms with Crippen LogP contribution in [0.15, 0.2) is 43.0 Å². The van der Waals surface area contributed by atoms with Crippen LogP contribution in [0.1, 0.15) is 12.0 Å². The minimum absolute atomic E-state index is 0.120. The van der Waals surface area contributed by atoms with Gasteiger partial charge in [-0.15, -0.1) is 0 Å². The van der Waals surface area contributed by atoms with Crippen LogP contribution in [0.4, 0.5) is 5.82 Å². The molecule has 3 heterocycles. The van der Waals surface area contributed by atoms with E-state index in [0.717, 1.165) is 49.6 Å². The maximum atomic E-state index is 6.04. The molecule has 1 saturated heterocycles. The zero-order valence-electron chi connectivity index (χ0n) is 15.0. The number of benzene rings is 1. The second-order valence-electron chi connectivity index (χ2n) is 6.70. The summed E-state index contributed by atoms with van der Waals surface area (Å²) in [5, 5.41) is 3.40. The van der Waals surface area contributed by atoms with E-state index in [-0.39, 0.29) is 6.10 Å². The molecular weight excluding hydrogens is 328 g/mol. The Morgan fingerprint density at radius 3 is 2.96 bits per heavy atom. The van der Waals surface area contributed by atoms with Gasteiger partial charge < -0.3 is 14.6 Å². The van der Waals surface area contributed by atoms with E-state index in [4.69, 9.17) is 4.74 Å². The first-order valence-electron chi connectivity index (χ1n) is 9.03. The van der Waals surface area contributed by atoms with Crippen LogP contribution in [-0.4, -0.2) is 56.8 Å². The normalized spacial score (nSPS) is 18.7. The summed E-state index contributed by atoms with van der Waals surface area (Å²) in [4.78, 5) is 15.5. The lowest BCUT2D eigenvalue weighted by molar-refractivity contribution is 0.0625. The van der Waals surface area contributed by atoms with Gasteiger partial charge in [0.1, 0.15) is 11.8 Å². The van der Waals surface area contributed by atoms with Gasteiger partial charge >= 0.3 is 0 Å². The quantitative estimate of drug-likeness (QED) is 0.758. The Labute approximate surface area is 153 Å². The molecule has 1 aliphatic rings. The number of hydrogen-bond donors (Lipinski definition) is 1. The van der Waals surface area contributed by atoms with Gasteiger partial charge in [-0.1, -0.05) is 30.3 Å². The topological polar surface area (TPSA) is 68.1 Å². The van der Waals surface area contributed by atoms with E-state index in [1.54, 1.807) is 12.7 Å². The molecular formula is C19H24N6O. The Bertz CT molecular complexity index is 850. The molecule has 1 atom stereocenters. The highest BCUT2D eigenvalue weighted by Crippen LogP contribution is 2.17. The maximum Gasteiger partial charge on any atom is 0.165 e. The van der Waals surface area contributed by atoms with Crippen LogP contribution in [-0.2, 0) is 18.3 Å². The molecule has 3 aromatic rings. The van der Waals surface area contributed by atoms with Crippen molar-refractivity contribution in [3.05, 3.63) is 48.5 Å². The monoisotopic (exact) mass is 352 g/mol. The zero-order valence-corrected chi connectivity index (χ0v) is 15.0. The molecule has 1 unspecified atom stereocenters. The molecule has 1 N–H and O–H groups in total. The number of nitrogens with zero attached hydrogens (tertiary/aromatic N) is 5. The molecule has 0 bridgehead atoms. The molecule has 1 aliphatic heterocycles. The Hall–Kier alpha value is -2.51. The fourth-order valence-electron chi connectivity index (χ4n) is 3.36. The lowest BCUT2D eigenvalue weighted by atomic mass is 10.2. The molecule has 0 aliphatic carbocycles. The van der Waals surface area contributed by atoms with Gasteiger partial charge in [-0.05, 0) is 12.0 Å². The van der Waals surface area contributed by atoms with Gasteiger partial charge in [0.05, 0.1) is 12.4 Å². The summed E-state index contributed by atoms with van der Waals surface area (Å²) in [6.45, 7) is 4.41.